The maximum absolute atomic E-state index is 4.45. The second kappa shape index (κ2) is 4.73. The molecular weight excluding hydrogens is 278 g/mol. The van der Waals surface area contributed by atoms with Crippen LogP contribution in [0.1, 0.15) is 7.25 Å². The fraction of sp³-hybridized carbons (Fsp3) is 0.133. The fourth-order valence-electron chi connectivity index (χ4n) is 2.37. The Hall–Kier alpha value is -3.09. The molecule has 1 N–H and O–H groups in total. The van der Waals surface area contributed by atoms with Gasteiger partial charge in [0, 0.05) is 57.3 Å². The molecule has 0 radical (unpaired) electrons. The summed E-state index contributed by atoms with van der Waals surface area (Å²) in [6, 6.07) is 5.89. The van der Waals surface area contributed by atoms with Gasteiger partial charge >= 0.3 is 0 Å². The minimum Gasteiger partial charge on any atom is -0.340 e. The normalized spacial score (nSPS) is 11.2. The Morgan fingerprint density at radius 3 is 2.77 bits per heavy atom. The summed E-state index contributed by atoms with van der Waals surface area (Å²) in [5.41, 5.74) is 1.83. The Labute approximate surface area is 128 Å². The molecule has 4 heterocycles. The van der Waals surface area contributed by atoms with Crippen molar-refractivity contribution in [1.29, 1.82) is 0 Å². The molecule has 7 heteroatoms. The molecule has 112 valence electrons. The quantitative estimate of drug-likeness (QED) is 0.631. The molecule has 0 aliphatic heterocycles. The Bertz CT molecular complexity index is 950. The zero-order chi connectivity index (χ0) is 15.1. The molecule has 0 fully saturated rings. The van der Waals surface area contributed by atoms with Gasteiger partial charge in [-0.05, 0) is 13.0 Å². The largest absolute Gasteiger partial charge is 0.340 e. The lowest BCUT2D eigenvalue weighted by Crippen LogP contribution is -2.16. The number of imidazole rings is 1. The van der Waals surface area contributed by atoms with E-state index in [1.165, 1.54) is 0 Å². The molecule has 0 amide bonds. The molecule has 0 saturated heterocycles. The van der Waals surface area contributed by atoms with Crippen LogP contribution in [0, 0.1) is 6.92 Å². The third-order valence-corrected chi connectivity index (χ3v) is 3.49. The van der Waals surface area contributed by atoms with Crippen molar-refractivity contribution in [2.45, 2.75) is 6.92 Å². The van der Waals surface area contributed by atoms with Crippen LogP contribution in [-0.2, 0) is 7.05 Å². The Morgan fingerprint density at radius 1 is 1.09 bits per heavy atom. The maximum atomic E-state index is 4.45. The SMILES string of the molecule is Cc1nc(Nc2ccn3ccnc3c2)cc(-n2ccn2C)n1.[HH]. The highest BCUT2D eigenvalue weighted by Gasteiger charge is 2.07. The van der Waals surface area contributed by atoms with Crippen molar-refractivity contribution >= 4 is 17.2 Å². The molecule has 4 rings (SSSR count). The summed E-state index contributed by atoms with van der Waals surface area (Å²) < 4.78 is 5.88. The van der Waals surface area contributed by atoms with Gasteiger partial charge < -0.3 is 9.72 Å². The van der Waals surface area contributed by atoms with Crippen molar-refractivity contribution in [3.8, 4) is 5.82 Å². The van der Waals surface area contributed by atoms with Crippen molar-refractivity contribution in [2.24, 2.45) is 7.05 Å². The Morgan fingerprint density at radius 2 is 2.00 bits per heavy atom. The molecule has 0 aliphatic rings. The number of nitrogens with one attached hydrogen (secondary N) is 1. The number of rotatable bonds is 3. The van der Waals surface area contributed by atoms with E-state index in [1.54, 1.807) is 6.20 Å². The second-order valence-electron chi connectivity index (χ2n) is 5.11. The number of anilines is 2. The Kier molecular flexibility index (Phi) is 2.72. The van der Waals surface area contributed by atoms with Crippen LogP contribution < -0.4 is 5.32 Å². The van der Waals surface area contributed by atoms with E-state index in [0.717, 1.165) is 28.8 Å². The van der Waals surface area contributed by atoms with Crippen LogP contribution in [0.15, 0.2) is 49.2 Å². The molecule has 0 bridgehead atoms. The van der Waals surface area contributed by atoms with Crippen molar-refractivity contribution in [1.82, 2.24) is 28.7 Å². The predicted octanol–water partition coefficient (Wildman–Crippen LogP) is 2.55. The number of aromatic nitrogens is 6. The highest BCUT2D eigenvalue weighted by atomic mass is 15.4. The van der Waals surface area contributed by atoms with Crippen LogP contribution in [0.25, 0.3) is 11.5 Å². The first kappa shape index (κ1) is 12.6. The lowest BCUT2D eigenvalue weighted by atomic mass is 10.3. The fourth-order valence-corrected chi connectivity index (χ4v) is 2.37. The average Bonchev–Trinajstić information content (AvgIpc) is 2.92. The number of hydrogen-bond donors (Lipinski definition) is 1. The van der Waals surface area contributed by atoms with Gasteiger partial charge in [-0.3, -0.25) is 4.68 Å². The Balaban J connectivity index is 0.00000156. The summed E-state index contributed by atoms with van der Waals surface area (Å²) in [7, 11) is 1.97. The van der Waals surface area contributed by atoms with Gasteiger partial charge in [-0.2, -0.15) is 0 Å². The van der Waals surface area contributed by atoms with Crippen LogP contribution in [0.2, 0.25) is 0 Å². The van der Waals surface area contributed by atoms with Crippen molar-refractivity contribution in [2.75, 3.05) is 5.32 Å². The second-order valence-corrected chi connectivity index (χ2v) is 5.11. The zero-order valence-corrected chi connectivity index (χ0v) is 12.3. The molecule has 0 spiro atoms. The molecular formula is C15H17N7. The number of aryl methyl sites for hydroxylation is 2. The van der Waals surface area contributed by atoms with Gasteiger partial charge in [-0.15, -0.1) is 0 Å². The third kappa shape index (κ3) is 2.12. The van der Waals surface area contributed by atoms with Gasteiger partial charge in [0.2, 0.25) is 0 Å². The lowest BCUT2D eigenvalue weighted by molar-refractivity contribution is 0.574. The molecule has 0 aliphatic carbocycles. The van der Waals surface area contributed by atoms with E-state index in [0.29, 0.717) is 0 Å². The molecule has 0 atom stereocenters. The number of hydrogen-bond acceptors (Lipinski definition) is 4. The first-order valence-corrected chi connectivity index (χ1v) is 6.95. The van der Waals surface area contributed by atoms with Crippen LogP contribution in [0.3, 0.4) is 0 Å². The van der Waals surface area contributed by atoms with Crippen LogP contribution >= 0.6 is 0 Å². The van der Waals surface area contributed by atoms with Crippen molar-refractivity contribution in [3.05, 3.63) is 55.0 Å². The number of fused-ring (bicyclic) bond motifs is 1. The predicted molar refractivity (Wildman–Crippen MR) is 85.7 cm³/mol. The van der Waals surface area contributed by atoms with Crippen molar-refractivity contribution < 1.29 is 1.43 Å². The van der Waals surface area contributed by atoms with E-state index in [9.17, 15) is 0 Å². The number of pyridine rings is 1. The van der Waals surface area contributed by atoms with Gasteiger partial charge in [0.05, 0.1) is 0 Å². The monoisotopic (exact) mass is 295 g/mol. The molecule has 0 aromatic carbocycles. The minimum atomic E-state index is 0. The topological polar surface area (TPSA) is 65.0 Å². The van der Waals surface area contributed by atoms with Crippen molar-refractivity contribution in [3.63, 3.8) is 0 Å². The third-order valence-electron chi connectivity index (χ3n) is 3.49. The molecule has 0 saturated carbocycles. The minimum absolute atomic E-state index is 0. The van der Waals surface area contributed by atoms with E-state index >= 15 is 0 Å². The van der Waals surface area contributed by atoms with Gasteiger partial charge in [0.15, 0.2) is 5.82 Å². The molecule has 7 nitrogen and oxygen atoms in total. The van der Waals surface area contributed by atoms with E-state index in [2.05, 4.69) is 20.3 Å². The van der Waals surface area contributed by atoms with Crippen LogP contribution in [0.5, 0.6) is 0 Å². The summed E-state index contributed by atoms with van der Waals surface area (Å²) >= 11 is 0. The molecule has 4 aromatic heterocycles. The smallest absolute Gasteiger partial charge is 0.157 e. The standard InChI is InChI=1S/C15H15N7.H2/c1-11-17-13(10-15(18-11)22-8-7-20(22)2)19-12-3-5-21-6-4-16-14(21)9-12;/h3-10H,1-2H3,(H,17,18,19);1H. The van der Waals surface area contributed by atoms with E-state index in [4.69, 9.17) is 0 Å². The molecule has 0 unspecified atom stereocenters. The summed E-state index contributed by atoms with van der Waals surface area (Å²) in [4.78, 5) is 13.2. The summed E-state index contributed by atoms with van der Waals surface area (Å²) in [6.45, 7) is 1.88. The average molecular weight is 295 g/mol. The zero-order valence-electron chi connectivity index (χ0n) is 12.3. The molecule has 4 aromatic rings. The van der Waals surface area contributed by atoms with E-state index < -0.39 is 0 Å². The summed E-state index contributed by atoms with van der Waals surface area (Å²) in [5, 5.41) is 3.31. The first-order valence-electron chi connectivity index (χ1n) is 6.95. The lowest BCUT2D eigenvalue weighted by Gasteiger charge is -2.17. The van der Waals surface area contributed by atoms with Gasteiger partial charge in [0.1, 0.15) is 17.3 Å². The highest BCUT2D eigenvalue weighted by molar-refractivity contribution is 5.62. The maximum Gasteiger partial charge on any atom is 0.157 e. The van der Waals surface area contributed by atoms with Crippen LogP contribution in [-0.4, -0.2) is 28.7 Å². The first-order chi connectivity index (χ1) is 10.7. The summed E-state index contributed by atoms with van der Waals surface area (Å²) in [6.07, 6.45) is 9.58. The van der Waals surface area contributed by atoms with Gasteiger partial charge in [-0.1, -0.05) is 0 Å². The number of nitrogens with zero attached hydrogens (tertiary/aromatic N) is 6. The van der Waals surface area contributed by atoms with E-state index in [-0.39, 0.29) is 1.43 Å². The van der Waals surface area contributed by atoms with Crippen LogP contribution in [0.4, 0.5) is 11.5 Å². The van der Waals surface area contributed by atoms with E-state index in [1.807, 2.05) is 70.7 Å². The highest BCUT2D eigenvalue weighted by Crippen LogP contribution is 2.18. The van der Waals surface area contributed by atoms with Gasteiger partial charge in [0.25, 0.3) is 0 Å². The van der Waals surface area contributed by atoms with Gasteiger partial charge in [-0.25, -0.2) is 19.6 Å². The summed E-state index contributed by atoms with van der Waals surface area (Å²) in [5.74, 6) is 2.31. The molecule has 22 heavy (non-hydrogen) atoms.